The molecule has 0 amide bonds. The van der Waals surface area contributed by atoms with Crippen LogP contribution in [0.3, 0.4) is 0 Å². The smallest absolute Gasteiger partial charge is 0.131 e. The number of nitrogens with one attached hydrogen (secondary N) is 1. The molecule has 1 N–H and O–H groups in total. The summed E-state index contributed by atoms with van der Waals surface area (Å²) in [6, 6.07) is 4.36. The molecule has 1 nitrogen and oxygen atoms in total. The minimum Gasteiger partial charge on any atom is -0.310 e. The molecule has 1 unspecified atom stereocenters. The molecular formula is C12H14FN. The molecule has 1 aliphatic carbocycles. The van der Waals surface area contributed by atoms with Crippen LogP contribution in [0.15, 0.2) is 12.1 Å². The van der Waals surface area contributed by atoms with Crippen LogP contribution in [0.4, 0.5) is 4.39 Å². The summed E-state index contributed by atoms with van der Waals surface area (Å²) >= 11 is 0. The first-order valence-electron chi connectivity index (χ1n) is 5.40. The van der Waals surface area contributed by atoms with Crippen molar-refractivity contribution in [3.63, 3.8) is 0 Å². The van der Waals surface area contributed by atoms with Gasteiger partial charge in [0.2, 0.25) is 0 Å². The molecule has 3 rings (SSSR count). The van der Waals surface area contributed by atoms with Gasteiger partial charge in [-0.2, -0.15) is 0 Å². The predicted octanol–water partition coefficient (Wildman–Crippen LogP) is 2.35. The largest absolute Gasteiger partial charge is 0.310 e. The van der Waals surface area contributed by atoms with Gasteiger partial charge in [-0.3, -0.25) is 0 Å². The number of rotatable bonds is 1. The molecule has 1 heterocycles. The maximum atomic E-state index is 14.0. The quantitative estimate of drug-likeness (QED) is 0.718. The van der Waals surface area contributed by atoms with Crippen LogP contribution in [0.5, 0.6) is 0 Å². The summed E-state index contributed by atoms with van der Waals surface area (Å²) < 4.78 is 14.0. The third-order valence-electron chi connectivity index (χ3n) is 3.44. The molecule has 1 aromatic rings. The van der Waals surface area contributed by atoms with Crippen LogP contribution in [-0.4, -0.2) is 6.54 Å². The maximum Gasteiger partial charge on any atom is 0.131 e. The summed E-state index contributed by atoms with van der Waals surface area (Å²) in [6.45, 7) is 1.03. The summed E-state index contributed by atoms with van der Waals surface area (Å²) in [4.78, 5) is 0. The summed E-state index contributed by atoms with van der Waals surface area (Å²) in [6.07, 6.45) is 4.19. The van der Waals surface area contributed by atoms with Gasteiger partial charge in [-0.25, -0.2) is 4.39 Å². The lowest BCUT2D eigenvalue weighted by Gasteiger charge is -2.28. The van der Waals surface area contributed by atoms with Crippen molar-refractivity contribution in [2.24, 2.45) is 0 Å². The van der Waals surface area contributed by atoms with Gasteiger partial charge < -0.3 is 5.32 Å². The molecule has 2 heteroatoms. The van der Waals surface area contributed by atoms with Crippen LogP contribution in [0.2, 0.25) is 0 Å². The van der Waals surface area contributed by atoms with E-state index in [0.717, 1.165) is 43.4 Å². The Hall–Kier alpha value is -0.890. The first-order valence-corrected chi connectivity index (χ1v) is 5.40. The minimum atomic E-state index is 0.0669. The van der Waals surface area contributed by atoms with Crippen molar-refractivity contribution >= 4 is 0 Å². The highest BCUT2D eigenvalue weighted by Gasteiger charge is 2.25. The van der Waals surface area contributed by atoms with E-state index in [1.54, 1.807) is 0 Å². The molecule has 1 saturated heterocycles. The molecule has 1 aromatic carbocycles. The second-order valence-electron chi connectivity index (χ2n) is 4.26. The summed E-state index contributed by atoms with van der Waals surface area (Å²) in [5.41, 5.74) is 3.10. The molecule has 1 atom stereocenters. The minimum absolute atomic E-state index is 0.0669. The fourth-order valence-electron chi connectivity index (χ4n) is 2.46. The molecule has 74 valence electrons. The Bertz CT molecular complexity index is 369. The van der Waals surface area contributed by atoms with E-state index in [0.29, 0.717) is 0 Å². The van der Waals surface area contributed by atoms with Crippen LogP contribution in [-0.2, 0) is 12.8 Å². The SMILES string of the molecule is Fc1c(C2CCN2)ccc2c1CCC2. The van der Waals surface area contributed by atoms with E-state index in [9.17, 15) is 4.39 Å². The highest BCUT2D eigenvalue weighted by molar-refractivity contribution is 5.38. The molecule has 1 aliphatic heterocycles. The van der Waals surface area contributed by atoms with E-state index in [2.05, 4.69) is 11.4 Å². The molecule has 2 aliphatic rings. The predicted molar refractivity (Wildman–Crippen MR) is 53.8 cm³/mol. The van der Waals surface area contributed by atoms with Crippen LogP contribution >= 0.6 is 0 Å². The normalized spacial score (nSPS) is 24.5. The molecule has 0 aromatic heterocycles. The van der Waals surface area contributed by atoms with Gasteiger partial charge in [0.25, 0.3) is 0 Å². The Labute approximate surface area is 83.3 Å². The van der Waals surface area contributed by atoms with Crippen LogP contribution in [0.25, 0.3) is 0 Å². The van der Waals surface area contributed by atoms with Crippen molar-refractivity contribution in [2.75, 3.05) is 6.54 Å². The topological polar surface area (TPSA) is 12.0 Å². The standard InChI is InChI=1S/C12H14FN/c13-12-9-3-1-2-8(9)4-5-10(12)11-6-7-14-11/h4-5,11,14H,1-3,6-7H2. The Kier molecular flexibility index (Phi) is 1.84. The van der Waals surface area contributed by atoms with Gasteiger partial charge in [-0.1, -0.05) is 12.1 Å². The molecule has 1 fully saturated rings. The van der Waals surface area contributed by atoms with Gasteiger partial charge >= 0.3 is 0 Å². The van der Waals surface area contributed by atoms with E-state index in [-0.39, 0.29) is 11.9 Å². The molecule has 0 radical (unpaired) electrons. The number of benzene rings is 1. The summed E-state index contributed by atoms with van der Waals surface area (Å²) in [5.74, 6) is 0.0669. The average Bonchev–Trinajstić information content (AvgIpc) is 2.55. The fourth-order valence-corrected chi connectivity index (χ4v) is 2.46. The highest BCUT2D eigenvalue weighted by atomic mass is 19.1. The van der Waals surface area contributed by atoms with Gasteiger partial charge in [0, 0.05) is 11.6 Å². The molecule has 0 bridgehead atoms. The summed E-state index contributed by atoms with van der Waals surface area (Å²) in [7, 11) is 0. The lowest BCUT2D eigenvalue weighted by atomic mass is 9.94. The van der Waals surface area contributed by atoms with Crippen molar-refractivity contribution in [1.29, 1.82) is 0 Å². The van der Waals surface area contributed by atoms with E-state index in [4.69, 9.17) is 0 Å². The van der Waals surface area contributed by atoms with Gasteiger partial charge in [0.15, 0.2) is 0 Å². The van der Waals surface area contributed by atoms with E-state index in [1.807, 2.05) is 6.07 Å². The third kappa shape index (κ3) is 1.10. The van der Waals surface area contributed by atoms with Crippen molar-refractivity contribution in [2.45, 2.75) is 31.7 Å². The van der Waals surface area contributed by atoms with E-state index in [1.165, 1.54) is 5.56 Å². The number of halogens is 1. The zero-order valence-electron chi connectivity index (χ0n) is 8.15. The monoisotopic (exact) mass is 191 g/mol. The summed E-state index contributed by atoms with van der Waals surface area (Å²) in [5, 5.41) is 3.25. The van der Waals surface area contributed by atoms with Crippen LogP contribution in [0.1, 0.15) is 35.6 Å². The van der Waals surface area contributed by atoms with Crippen molar-refractivity contribution in [1.82, 2.24) is 5.32 Å². The van der Waals surface area contributed by atoms with Crippen LogP contribution in [0, 0.1) is 5.82 Å². The zero-order chi connectivity index (χ0) is 9.54. The third-order valence-corrected chi connectivity index (χ3v) is 3.44. The van der Waals surface area contributed by atoms with Crippen molar-refractivity contribution in [3.8, 4) is 0 Å². The number of hydrogen-bond donors (Lipinski definition) is 1. The van der Waals surface area contributed by atoms with Gasteiger partial charge in [-0.05, 0) is 43.4 Å². The first-order chi connectivity index (χ1) is 6.86. The lowest BCUT2D eigenvalue weighted by Crippen LogP contribution is -2.35. The Morgan fingerprint density at radius 2 is 2.14 bits per heavy atom. The maximum absolute atomic E-state index is 14.0. The second-order valence-corrected chi connectivity index (χ2v) is 4.26. The second kappa shape index (κ2) is 3.06. The Balaban J connectivity index is 2.05. The van der Waals surface area contributed by atoms with Crippen molar-refractivity contribution < 1.29 is 4.39 Å². The molecular weight excluding hydrogens is 177 g/mol. The number of fused-ring (bicyclic) bond motifs is 1. The molecule has 0 saturated carbocycles. The fraction of sp³-hybridized carbons (Fsp3) is 0.500. The van der Waals surface area contributed by atoms with Crippen molar-refractivity contribution in [3.05, 3.63) is 34.6 Å². The van der Waals surface area contributed by atoms with Gasteiger partial charge in [-0.15, -0.1) is 0 Å². The number of aryl methyl sites for hydroxylation is 1. The van der Waals surface area contributed by atoms with E-state index < -0.39 is 0 Å². The van der Waals surface area contributed by atoms with Crippen LogP contribution < -0.4 is 5.32 Å². The lowest BCUT2D eigenvalue weighted by molar-refractivity contribution is 0.369. The highest BCUT2D eigenvalue weighted by Crippen LogP contribution is 2.32. The van der Waals surface area contributed by atoms with Gasteiger partial charge in [0.05, 0.1) is 0 Å². The number of hydrogen-bond acceptors (Lipinski definition) is 1. The molecule has 0 spiro atoms. The Morgan fingerprint density at radius 1 is 1.29 bits per heavy atom. The molecule has 14 heavy (non-hydrogen) atoms. The average molecular weight is 191 g/mol. The van der Waals surface area contributed by atoms with Gasteiger partial charge in [0.1, 0.15) is 5.82 Å². The Morgan fingerprint density at radius 3 is 2.86 bits per heavy atom. The first kappa shape index (κ1) is 8.42. The van der Waals surface area contributed by atoms with E-state index >= 15 is 0 Å². The zero-order valence-corrected chi connectivity index (χ0v) is 8.15.